The van der Waals surface area contributed by atoms with Crippen molar-refractivity contribution in [3.05, 3.63) is 29.3 Å². The van der Waals surface area contributed by atoms with Crippen molar-refractivity contribution in [1.29, 1.82) is 0 Å². The Balaban J connectivity index is 2.29. The molecule has 1 heterocycles. The van der Waals surface area contributed by atoms with Crippen LogP contribution in [0.4, 0.5) is 10.1 Å². The summed E-state index contributed by atoms with van der Waals surface area (Å²) in [6, 6.07) is 5.73. The number of alkyl halides is 1. The third kappa shape index (κ3) is 1.84. The van der Waals surface area contributed by atoms with Crippen LogP contribution in [0.25, 0.3) is 0 Å². The topological polar surface area (TPSA) is 23.5 Å². The van der Waals surface area contributed by atoms with Crippen LogP contribution >= 0.6 is 0 Å². The maximum Gasteiger partial charge on any atom is 0.119 e. The molecule has 1 aromatic carbocycles. The molecular formula is C12H16FNO. The Morgan fingerprint density at radius 2 is 2.33 bits per heavy atom. The summed E-state index contributed by atoms with van der Waals surface area (Å²) >= 11 is 0. The van der Waals surface area contributed by atoms with Crippen LogP contribution in [-0.4, -0.2) is 24.9 Å². The zero-order valence-corrected chi connectivity index (χ0v) is 8.91. The molecule has 82 valence electrons. The van der Waals surface area contributed by atoms with Gasteiger partial charge in [-0.1, -0.05) is 12.1 Å². The molecule has 1 aromatic rings. The number of rotatable bonds is 3. The SMILES string of the molecule is CCN1CCc2cc(C(O)CF)ccc21. The van der Waals surface area contributed by atoms with Gasteiger partial charge in [0.25, 0.3) is 0 Å². The second kappa shape index (κ2) is 4.19. The van der Waals surface area contributed by atoms with Crippen molar-refractivity contribution in [3.63, 3.8) is 0 Å². The molecule has 0 bridgehead atoms. The summed E-state index contributed by atoms with van der Waals surface area (Å²) in [5.41, 5.74) is 3.14. The number of halogens is 1. The summed E-state index contributed by atoms with van der Waals surface area (Å²) in [4.78, 5) is 2.29. The van der Waals surface area contributed by atoms with E-state index in [2.05, 4.69) is 11.8 Å². The first kappa shape index (κ1) is 10.4. The van der Waals surface area contributed by atoms with Crippen molar-refractivity contribution in [2.45, 2.75) is 19.4 Å². The van der Waals surface area contributed by atoms with Gasteiger partial charge in [-0.2, -0.15) is 0 Å². The molecule has 0 spiro atoms. The highest BCUT2D eigenvalue weighted by molar-refractivity contribution is 5.59. The van der Waals surface area contributed by atoms with Crippen LogP contribution < -0.4 is 4.90 Å². The minimum atomic E-state index is -0.967. The van der Waals surface area contributed by atoms with E-state index < -0.39 is 12.8 Å². The Hall–Kier alpha value is -1.09. The molecule has 1 aliphatic rings. The molecule has 0 fully saturated rings. The maximum atomic E-state index is 12.3. The molecule has 0 aliphatic carbocycles. The lowest BCUT2D eigenvalue weighted by Crippen LogP contribution is -2.19. The van der Waals surface area contributed by atoms with Gasteiger partial charge in [0.2, 0.25) is 0 Å². The molecule has 0 saturated carbocycles. The van der Waals surface area contributed by atoms with Gasteiger partial charge in [0.05, 0.1) is 0 Å². The number of nitrogens with zero attached hydrogens (tertiary/aromatic N) is 1. The number of likely N-dealkylation sites (N-methyl/N-ethyl adjacent to an activating group) is 1. The second-order valence-electron chi connectivity index (χ2n) is 3.89. The van der Waals surface area contributed by atoms with Crippen LogP contribution in [-0.2, 0) is 6.42 Å². The van der Waals surface area contributed by atoms with Crippen molar-refractivity contribution < 1.29 is 9.50 Å². The summed E-state index contributed by atoms with van der Waals surface area (Å²) in [6.45, 7) is 3.44. The van der Waals surface area contributed by atoms with E-state index in [9.17, 15) is 9.50 Å². The fourth-order valence-electron chi connectivity index (χ4n) is 2.11. The molecular weight excluding hydrogens is 193 g/mol. The number of anilines is 1. The summed E-state index contributed by atoms with van der Waals surface area (Å²) in [6.07, 6.45) is 0.0294. The van der Waals surface area contributed by atoms with Crippen LogP contribution in [0.15, 0.2) is 18.2 Å². The van der Waals surface area contributed by atoms with E-state index in [1.54, 1.807) is 0 Å². The molecule has 0 aromatic heterocycles. The zero-order valence-electron chi connectivity index (χ0n) is 8.91. The average molecular weight is 209 g/mol. The molecule has 3 heteroatoms. The molecule has 1 aliphatic heterocycles. The van der Waals surface area contributed by atoms with Gasteiger partial charge in [0.1, 0.15) is 12.8 Å². The van der Waals surface area contributed by atoms with E-state index >= 15 is 0 Å². The molecule has 15 heavy (non-hydrogen) atoms. The van der Waals surface area contributed by atoms with Gasteiger partial charge in [-0.05, 0) is 30.5 Å². The first-order chi connectivity index (χ1) is 7.26. The normalized spacial score (nSPS) is 16.6. The van der Waals surface area contributed by atoms with Gasteiger partial charge in [-0.3, -0.25) is 0 Å². The van der Waals surface area contributed by atoms with Crippen LogP contribution in [0, 0.1) is 0 Å². The Morgan fingerprint density at radius 3 is 3.00 bits per heavy atom. The fraction of sp³-hybridized carbons (Fsp3) is 0.500. The van der Waals surface area contributed by atoms with E-state index in [1.807, 2.05) is 18.2 Å². The molecule has 2 rings (SSSR count). The summed E-state index contributed by atoms with van der Waals surface area (Å²) in [5.74, 6) is 0. The van der Waals surface area contributed by atoms with Crippen molar-refractivity contribution in [2.24, 2.45) is 0 Å². The van der Waals surface area contributed by atoms with E-state index in [4.69, 9.17) is 0 Å². The predicted molar refractivity (Wildman–Crippen MR) is 59.0 cm³/mol. The highest BCUT2D eigenvalue weighted by Gasteiger charge is 2.19. The lowest BCUT2D eigenvalue weighted by Gasteiger charge is -2.17. The Labute approximate surface area is 89.3 Å². The van der Waals surface area contributed by atoms with Crippen molar-refractivity contribution in [2.75, 3.05) is 24.7 Å². The molecule has 1 atom stereocenters. The lowest BCUT2D eigenvalue weighted by atomic mass is 10.0. The molecule has 0 saturated heterocycles. The van der Waals surface area contributed by atoms with Crippen LogP contribution in [0.3, 0.4) is 0 Å². The number of benzene rings is 1. The molecule has 2 nitrogen and oxygen atoms in total. The number of fused-ring (bicyclic) bond motifs is 1. The van der Waals surface area contributed by atoms with Crippen LogP contribution in [0.2, 0.25) is 0 Å². The number of hydrogen-bond acceptors (Lipinski definition) is 2. The minimum Gasteiger partial charge on any atom is -0.386 e. The second-order valence-corrected chi connectivity index (χ2v) is 3.89. The fourth-order valence-corrected chi connectivity index (χ4v) is 2.11. The Bertz CT molecular complexity index is 353. The van der Waals surface area contributed by atoms with E-state index in [1.165, 1.54) is 11.3 Å². The summed E-state index contributed by atoms with van der Waals surface area (Å²) in [7, 11) is 0. The number of aliphatic hydroxyl groups excluding tert-OH is 1. The monoisotopic (exact) mass is 209 g/mol. The van der Waals surface area contributed by atoms with Crippen LogP contribution in [0.1, 0.15) is 24.2 Å². The third-order valence-corrected chi connectivity index (χ3v) is 3.01. The Morgan fingerprint density at radius 1 is 1.53 bits per heavy atom. The standard InChI is InChI=1S/C12H16FNO/c1-2-14-6-5-9-7-10(12(15)8-13)3-4-11(9)14/h3-4,7,12,15H,2,5-6,8H2,1H3. The molecule has 0 amide bonds. The molecule has 0 radical (unpaired) electrons. The van der Waals surface area contributed by atoms with Gasteiger partial charge in [0.15, 0.2) is 0 Å². The smallest absolute Gasteiger partial charge is 0.119 e. The summed E-state index contributed by atoms with van der Waals surface area (Å²) < 4.78 is 12.3. The summed E-state index contributed by atoms with van der Waals surface area (Å²) in [5, 5.41) is 9.40. The third-order valence-electron chi connectivity index (χ3n) is 3.01. The van der Waals surface area contributed by atoms with E-state index in [-0.39, 0.29) is 0 Å². The lowest BCUT2D eigenvalue weighted by molar-refractivity contribution is 0.141. The van der Waals surface area contributed by atoms with Gasteiger partial charge in [-0.25, -0.2) is 4.39 Å². The largest absolute Gasteiger partial charge is 0.386 e. The minimum absolute atomic E-state index is 0.689. The molecule has 1 N–H and O–H groups in total. The maximum absolute atomic E-state index is 12.3. The number of hydrogen-bond donors (Lipinski definition) is 1. The number of aliphatic hydroxyl groups is 1. The molecule has 1 unspecified atom stereocenters. The van der Waals surface area contributed by atoms with Crippen molar-refractivity contribution >= 4 is 5.69 Å². The quantitative estimate of drug-likeness (QED) is 0.823. The average Bonchev–Trinajstić information content (AvgIpc) is 2.69. The van der Waals surface area contributed by atoms with Gasteiger partial charge in [0, 0.05) is 18.8 Å². The first-order valence-corrected chi connectivity index (χ1v) is 5.38. The van der Waals surface area contributed by atoms with Crippen molar-refractivity contribution in [3.8, 4) is 0 Å². The first-order valence-electron chi connectivity index (χ1n) is 5.38. The predicted octanol–water partition coefficient (Wildman–Crippen LogP) is 2.07. The van der Waals surface area contributed by atoms with Crippen molar-refractivity contribution in [1.82, 2.24) is 0 Å². The van der Waals surface area contributed by atoms with E-state index in [0.29, 0.717) is 5.56 Å². The van der Waals surface area contributed by atoms with Gasteiger partial charge >= 0.3 is 0 Å². The van der Waals surface area contributed by atoms with Gasteiger partial charge < -0.3 is 10.0 Å². The van der Waals surface area contributed by atoms with E-state index in [0.717, 1.165) is 19.5 Å². The highest BCUT2D eigenvalue weighted by atomic mass is 19.1. The van der Waals surface area contributed by atoms with Gasteiger partial charge in [-0.15, -0.1) is 0 Å². The highest BCUT2D eigenvalue weighted by Crippen LogP contribution is 2.30. The van der Waals surface area contributed by atoms with Crippen LogP contribution in [0.5, 0.6) is 0 Å². The Kier molecular flexibility index (Phi) is 2.91. The zero-order chi connectivity index (χ0) is 10.8.